The number of hydrogen-bond acceptors (Lipinski definition) is 4. The van der Waals surface area contributed by atoms with E-state index in [1.807, 2.05) is 6.07 Å². The Labute approximate surface area is 140 Å². The molecule has 1 atom stereocenters. The van der Waals surface area contributed by atoms with Crippen LogP contribution in [0.25, 0.3) is 0 Å². The number of hydrogen-bond donors (Lipinski definition) is 1. The van der Waals surface area contributed by atoms with Crippen molar-refractivity contribution in [2.24, 2.45) is 0 Å². The molecule has 3 rings (SSSR count). The number of anilines is 1. The lowest BCUT2D eigenvalue weighted by atomic mass is 10.2. The van der Waals surface area contributed by atoms with Crippen molar-refractivity contribution < 1.29 is 4.92 Å². The molecule has 0 unspecified atom stereocenters. The molecule has 1 N–H and O–H groups in total. The highest BCUT2D eigenvalue weighted by Gasteiger charge is 2.23. The summed E-state index contributed by atoms with van der Waals surface area (Å²) in [6, 6.07) is 15.2. The molecule has 0 amide bonds. The van der Waals surface area contributed by atoms with Crippen molar-refractivity contribution in [3.63, 3.8) is 0 Å². The van der Waals surface area contributed by atoms with Crippen LogP contribution in [0.2, 0.25) is 5.02 Å². The molecule has 23 heavy (non-hydrogen) atoms. The molecule has 6 heteroatoms. The Morgan fingerprint density at radius 1 is 1.26 bits per heavy atom. The number of halogens is 1. The first-order valence-corrected chi connectivity index (χ1v) is 7.96. The maximum atomic E-state index is 10.7. The average Bonchev–Trinajstić information content (AvgIpc) is 2.97. The monoisotopic (exact) mass is 331 g/mol. The van der Waals surface area contributed by atoms with Gasteiger partial charge in [-0.2, -0.15) is 0 Å². The topological polar surface area (TPSA) is 58.4 Å². The number of nitro groups is 1. The Bertz CT molecular complexity index is 693. The highest BCUT2D eigenvalue weighted by molar-refractivity contribution is 6.33. The fourth-order valence-electron chi connectivity index (χ4n) is 2.89. The van der Waals surface area contributed by atoms with Crippen molar-refractivity contribution in [3.05, 3.63) is 69.2 Å². The molecule has 0 saturated carbocycles. The van der Waals surface area contributed by atoms with E-state index in [1.54, 1.807) is 6.07 Å². The molecule has 1 heterocycles. The minimum absolute atomic E-state index is 0.0117. The van der Waals surface area contributed by atoms with Crippen LogP contribution in [0.5, 0.6) is 0 Å². The highest BCUT2D eigenvalue weighted by atomic mass is 35.5. The van der Waals surface area contributed by atoms with Gasteiger partial charge >= 0.3 is 0 Å². The molecule has 2 aromatic rings. The normalized spacial score (nSPS) is 18.0. The molecule has 1 saturated heterocycles. The first kappa shape index (κ1) is 15.8. The Kier molecular flexibility index (Phi) is 4.79. The number of likely N-dealkylation sites (tertiary alicyclic amines) is 1. The van der Waals surface area contributed by atoms with Crippen LogP contribution in [0, 0.1) is 10.1 Å². The third kappa shape index (κ3) is 4.00. The van der Waals surface area contributed by atoms with E-state index < -0.39 is 4.92 Å². The molecule has 0 bridgehead atoms. The molecule has 5 nitrogen and oxygen atoms in total. The van der Waals surface area contributed by atoms with Crippen LogP contribution >= 0.6 is 11.6 Å². The zero-order chi connectivity index (χ0) is 16.2. The van der Waals surface area contributed by atoms with Gasteiger partial charge in [0.1, 0.15) is 0 Å². The van der Waals surface area contributed by atoms with Gasteiger partial charge in [0.15, 0.2) is 0 Å². The van der Waals surface area contributed by atoms with Crippen LogP contribution in [0.4, 0.5) is 11.4 Å². The van der Waals surface area contributed by atoms with E-state index in [2.05, 4.69) is 34.5 Å². The van der Waals surface area contributed by atoms with Gasteiger partial charge in [-0.25, -0.2) is 0 Å². The minimum Gasteiger partial charge on any atom is -0.380 e. The number of rotatable bonds is 5. The van der Waals surface area contributed by atoms with Crippen LogP contribution in [0.3, 0.4) is 0 Å². The summed E-state index contributed by atoms with van der Waals surface area (Å²) in [6.45, 7) is 2.90. The van der Waals surface area contributed by atoms with Crippen LogP contribution in [0.15, 0.2) is 48.5 Å². The maximum absolute atomic E-state index is 10.7. The van der Waals surface area contributed by atoms with Gasteiger partial charge in [-0.05, 0) is 18.1 Å². The fourth-order valence-corrected chi connectivity index (χ4v) is 3.12. The molecule has 120 valence electrons. The lowest BCUT2D eigenvalue weighted by Gasteiger charge is -2.18. The van der Waals surface area contributed by atoms with E-state index in [0.717, 1.165) is 31.7 Å². The van der Waals surface area contributed by atoms with Crippen LogP contribution in [0.1, 0.15) is 12.0 Å². The van der Waals surface area contributed by atoms with Gasteiger partial charge in [-0.15, -0.1) is 0 Å². The molecule has 0 radical (unpaired) electrons. The van der Waals surface area contributed by atoms with Crippen molar-refractivity contribution in [3.8, 4) is 0 Å². The number of non-ortho nitro benzene ring substituents is 1. The van der Waals surface area contributed by atoms with Gasteiger partial charge in [0.25, 0.3) is 5.69 Å². The Balaban J connectivity index is 1.59. The number of benzene rings is 2. The van der Waals surface area contributed by atoms with Gasteiger partial charge in [-0.3, -0.25) is 15.0 Å². The van der Waals surface area contributed by atoms with E-state index in [9.17, 15) is 10.1 Å². The predicted molar refractivity (Wildman–Crippen MR) is 91.9 cm³/mol. The number of nitrogens with zero attached hydrogens (tertiary/aromatic N) is 2. The van der Waals surface area contributed by atoms with Gasteiger partial charge in [0, 0.05) is 37.8 Å². The molecule has 0 spiro atoms. The van der Waals surface area contributed by atoms with Gasteiger partial charge in [0.2, 0.25) is 0 Å². The van der Waals surface area contributed by atoms with Crippen molar-refractivity contribution in [2.45, 2.75) is 19.0 Å². The van der Waals surface area contributed by atoms with Crippen LogP contribution in [-0.4, -0.2) is 29.0 Å². The molecular formula is C17H18ClN3O2. The maximum Gasteiger partial charge on any atom is 0.271 e. The molecule has 1 fully saturated rings. The van der Waals surface area contributed by atoms with E-state index in [1.165, 1.54) is 17.7 Å². The lowest BCUT2D eigenvalue weighted by molar-refractivity contribution is -0.384. The molecular weight excluding hydrogens is 314 g/mol. The number of nitrogens with one attached hydrogen (secondary N) is 1. The average molecular weight is 332 g/mol. The van der Waals surface area contributed by atoms with Crippen molar-refractivity contribution in [1.82, 2.24) is 4.90 Å². The molecule has 1 aliphatic heterocycles. The fraction of sp³-hybridized carbons (Fsp3) is 0.294. The summed E-state index contributed by atoms with van der Waals surface area (Å²) < 4.78 is 0. The summed E-state index contributed by atoms with van der Waals surface area (Å²) in [5.74, 6) is 0. The summed E-state index contributed by atoms with van der Waals surface area (Å²) in [4.78, 5) is 12.7. The summed E-state index contributed by atoms with van der Waals surface area (Å²) in [5.41, 5.74) is 2.07. The van der Waals surface area contributed by atoms with Crippen LogP contribution in [-0.2, 0) is 6.54 Å². The molecule has 1 aliphatic rings. The predicted octanol–water partition coefficient (Wildman–Crippen LogP) is 3.93. The Morgan fingerprint density at radius 3 is 2.74 bits per heavy atom. The second-order valence-corrected chi connectivity index (χ2v) is 6.18. The van der Waals surface area contributed by atoms with E-state index >= 15 is 0 Å². The van der Waals surface area contributed by atoms with Crippen molar-refractivity contribution in [1.29, 1.82) is 0 Å². The largest absolute Gasteiger partial charge is 0.380 e. The van der Waals surface area contributed by atoms with Crippen LogP contribution < -0.4 is 5.32 Å². The highest BCUT2D eigenvalue weighted by Crippen LogP contribution is 2.28. The zero-order valence-electron chi connectivity index (χ0n) is 12.6. The molecule has 0 aliphatic carbocycles. The van der Waals surface area contributed by atoms with E-state index in [4.69, 9.17) is 11.6 Å². The minimum atomic E-state index is -0.438. The standard InChI is InChI=1S/C17H18ClN3O2/c18-16-10-15(21(22)23)6-7-17(16)19-14-8-9-20(12-14)11-13-4-2-1-3-5-13/h1-7,10,14,19H,8-9,11-12H2/t14-/m1/s1. The van der Waals surface area contributed by atoms with Gasteiger partial charge < -0.3 is 5.32 Å². The quantitative estimate of drug-likeness (QED) is 0.666. The van der Waals surface area contributed by atoms with Crippen molar-refractivity contribution >= 4 is 23.0 Å². The Hall–Kier alpha value is -2.11. The SMILES string of the molecule is O=[N+]([O-])c1ccc(N[C@@H]2CCN(Cc3ccccc3)C2)c(Cl)c1. The van der Waals surface area contributed by atoms with E-state index in [0.29, 0.717) is 11.1 Å². The van der Waals surface area contributed by atoms with Gasteiger partial charge in [0.05, 0.1) is 15.6 Å². The lowest BCUT2D eigenvalue weighted by Crippen LogP contribution is -2.26. The third-order valence-electron chi connectivity index (χ3n) is 4.04. The zero-order valence-corrected chi connectivity index (χ0v) is 13.4. The first-order valence-electron chi connectivity index (χ1n) is 7.58. The summed E-state index contributed by atoms with van der Waals surface area (Å²) in [6.07, 6.45) is 1.03. The third-order valence-corrected chi connectivity index (χ3v) is 4.36. The molecule has 2 aromatic carbocycles. The summed E-state index contributed by atoms with van der Waals surface area (Å²) in [7, 11) is 0. The van der Waals surface area contributed by atoms with E-state index in [-0.39, 0.29) is 5.69 Å². The second kappa shape index (κ2) is 6.98. The second-order valence-electron chi connectivity index (χ2n) is 5.77. The van der Waals surface area contributed by atoms with Gasteiger partial charge in [-0.1, -0.05) is 41.9 Å². The summed E-state index contributed by atoms with van der Waals surface area (Å²) in [5, 5.41) is 14.5. The Morgan fingerprint density at radius 2 is 2.04 bits per heavy atom. The smallest absolute Gasteiger partial charge is 0.271 e. The van der Waals surface area contributed by atoms with Crippen molar-refractivity contribution in [2.75, 3.05) is 18.4 Å². The first-order chi connectivity index (χ1) is 11.1. The number of nitro benzene ring substituents is 1. The summed E-state index contributed by atoms with van der Waals surface area (Å²) >= 11 is 6.14. The molecule has 0 aromatic heterocycles.